The maximum Gasteiger partial charge on any atom is 0.328 e. The Bertz CT molecular complexity index is 875. The molecule has 0 radical (unpaired) electrons. The third-order valence-electron chi connectivity index (χ3n) is 2.73. The van der Waals surface area contributed by atoms with Gasteiger partial charge in [0, 0.05) is 5.02 Å². The molecule has 2 aromatic rings. The van der Waals surface area contributed by atoms with Crippen LogP contribution >= 0.6 is 11.6 Å². The van der Waals surface area contributed by atoms with Crippen LogP contribution in [-0.2, 0) is 14.9 Å². The largest absolute Gasteiger partial charge is 0.483 e. The number of aryl methyl sites for hydroxylation is 1. The number of carbonyl (C=O) groups is 1. The minimum absolute atomic E-state index is 0.0392. The zero-order valence-electron chi connectivity index (χ0n) is 12.4. The summed E-state index contributed by atoms with van der Waals surface area (Å²) < 4.78 is 40.5. The van der Waals surface area contributed by atoms with Gasteiger partial charge in [0.05, 0.1) is 6.21 Å². The maximum absolute atomic E-state index is 11.6. The van der Waals surface area contributed by atoms with Crippen LogP contribution in [0.4, 0.5) is 0 Å². The number of carbonyl (C=O) groups excluding carboxylic acids is 1. The van der Waals surface area contributed by atoms with E-state index in [1.807, 2.05) is 0 Å². The van der Waals surface area contributed by atoms with E-state index >= 15 is 0 Å². The molecule has 1 aromatic heterocycles. The summed E-state index contributed by atoms with van der Waals surface area (Å²) in [6.45, 7) is 1.52. The van der Waals surface area contributed by atoms with Crippen molar-refractivity contribution in [2.75, 3.05) is 6.61 Å². The van der Waals surface area contributed by atoms with Gasteiger partial charge >= 0.3 is 10.1 Å². The smallest absolute Gasteiger partial charge is 0.328 e. The fourth-order valence-electron chi connectivity index (χ4n) is 1.66. The van der Waals surface area contributed by atoms with Crippen molar-refractivity contribution in [1.29, 1.82) is 0 Å². The van der Waals surface area contributed by atoms with Crippen LogP contribution in [-0.4, -0.2) is 31.7 Å². The molecule has 0 saturated carbocycles. The third kappa shape index (κ3) is 5.08. The number of nitrogens with one attached hydrogen (secondary N) is 1. The number of ether oxygens (including phenoxy) is 1. The molecule has 1 aromatic carbocycles. The van der Waals surface area contributed by atoms with Gasteiger partial charge in [0.25, 0.3) is 5.91 Å². The van der Waals surface area contributed by atoms with Crippen LogP contribution in [0.15, 0.2) is 44.9 Å². The van der Waals surface area contributed by atoms with Gasteiger partial charge in [-0.15, -0.1) is 0 Å². The van der Waals surface area contributed by atoms with Crippen LogP contribution in [0, 0.1) is 6.92 Å². The van der Waals surface area contributed by atoms with Crippen LogP contribution in [0.3, 0.4) is 0 Å². The molecule has 128 valence electrons. The number of hydrogen-bond acceptors (Lipinski definition) is 6. The van der Waals surface area contributed by atoms with Crippen molar-refractivity contribution in [2.24, 2.45) is 5.10 Å². The molecule has 1 heterocycles. The topological polar surface area (TPSA) is 118 Å². The SMILES string of the molecule is Cc1cc(Cl)ccc1OCC(=O)N/N=C/c1ccc(S(=O)(=O)O)o1. The first-order chi connectivity index (χ1) is 11.3. The van der Waals surface area contributed by atoms with Gasteiger partial charge < -0.3 is 9.15 Å². The van der Waals surface area contributed by atoms with E-state index in [1.54, 1.807) is 25.1 Å². The van der Waals surface area contributed by atoms with E-state index in [-0.39, 0.29) is 12.4 Å². The Morgan fingerprint density at radius 1 is 1.42 bits per heavy atom. The summed E-state index contributed by atoms with van der Waals surface area (Å²) in [5, 5.41) is 3.54. The van der Waals surface area contributed by atoms with Crippen molar-refractivity contribution < 1.29 is 26.9 Å². The van der Waals surface area contributed by atoms with Crippen LogP contribution in [0.2, 0.25) is 5.02 Å². The fourth-order valence-corrected chi connectivity index (χ4v) is 2.33. The molecule has 0 aliphatic rings. The van der Waals surface area contributed by atoms with Gasteiger partial charge in [-0.05, 0) is 42.8 Å². The second-order valence-electron chi connectivity index (χ2n) is 4.62. The number of amides is 1. The van der Waals surface area contributed by atoms with Crippen molar-refractivity contribution in [3.05, 3.63) is 46.7 Å². The number of hydrogen-bond donors (Lipinski definition) is 2. The summed E-state index contributed by atoms with van der Waals surface area (Å²) >= 11 is 5.82. The normalized spacial score (nSPS) is 11.6. The van der Waals surface area contributed by atoms with Crippen molar-refractivity contribution in [3.63, 3.8) is 0 Å². The van der Waals surface area contributed by atoms with Crippen molar-refractivity contribution >= 4 is 33.8 Å². The Kier molecular flexibility index (Phi) is 5.60. The monoisotopic (exact) mass is 372 g/mol. The second kappa shape index (κ2) is 7.47. The molecule has 2 N–H and O–H groups in total. The van der Waals surface area contributed by atoms with Gasteiger partial charge in [0.2, 0.25) is 5.09 Å². The van der Waals surface area contributed by atoms with Gasteiger partial charge in [-0.3, -0.25) is 9.35 Å². The van der Waals surface area contributed by atoms with E-state index in [2.05, 4.69) is 10.5 Å². The molecule has 0 saturated heterocycles. The van der Waals surface area contributed by atoms with Gasteiger partial charge in [-0.1, -0.05) is 11.6 Å². The van der Waals surface area contributed by atoms with E-state index in [0.29, 0.717) is 10.8 Å². The Hall–Kier alpha value is -2.36. The van der Waals surface area contributed by atoms with Gasteiger partial charge in [0.15, 0.2) is 6.61 Å². The Morgan fingerprint density at radius 3 is 2.79 bits per heavy atom. The molecule has 2 rings (SSSR count). The van der Waals surface area contributed by atoms with Crippen LogP contribution < -0.4 is 10.2 Å². The predicted molar refractivity (Wildman–Crippen MR) is 85.9 cm³/mol. The van der Waals surface area contributed by atoms with Crippen LogP contribution in [0.5, 0.6) is 5.75 Å². The van der Waals surface area contributed by atoms with Crippen molar-refractivity contribution in [3.8, 4) is 5.75 Å². The zero-order valence-corrected chi connectivity index (χ0v) is 14.0. The molecule has 0 atom stereocenters. The summed E-state index contributed by atoms with van der Waals surface area (Å²) in [4.78, 5) is 11.6. The molecular formula is C14H13ClN2O6S. The second-order valence-corrected chi connectivity index (χ2v) is 6.41. The summed E-state index contributed by atoms with van der Waals surface area (Å²) in [7, 11) is -4.41. The number of rotatable bonds is 6. The lowest BCUT2D eigenvalue weighted by atomic mass is 10.2. The van der Waals surface area contributed by atoms with Gasteiger partial charge in [-0.25, -0.2) is 5.43 Å². The number of hydrazone groups is 1. The highest BCUT2D eigenvalue weighted by atomic mass is 35.5. The molecule has 8 nitrogen and oxygen atoms in total. The molecule has 0 aliphatic heterocycles. The van der Waals surface area contributed by atoms with Crippen LogP contribution in [0.25, 0.3) is 0 Å². The number of benzene rings is 1. The number of halogens is 1. The van der Waals surface area contributed by atoms with E-state index in [4.69, 9.17) is 25.3 Å². The Morgan fingerprint density at radius 2 is 2.17 bits per heavy atom. The van der Waals surface area contributed by atoms with Crippen molar-refractivity contribution in [1.82, 2.24) is 5.43 Å². The van der Waals surface area contributed by atoms with Crippen LogP contribution in [0.1, 0.15) is 11.3 Å². The molecule has 0 aliphatic carbocycles. The lowest BCUT2D eigenvalue weighted by Crippen LogP contribution is -2.24. The van der Waals surface area contributed by atoms with Gasteiger partial charge in [0.1, 0.15) is 11.5 Å². The van der Waals surface area contributed by atoms with E-state index in [0.717, 1.165) is 17.8 Å². The Balaban J connectivity index is 1.85. The summed E-state index contributed by atoms with van der Waals surface area (Å²) in [5.74, 6) is 0.0295. The lowest BCUT2D eigenvalue weighted by molar-refractivity contribution is -0.123. The maximum atomic E-state index is 11.6. The molecule has 10 heteroatoms. The molecular weight excluding hydrogens is 360 g/mol. The predicted octanol–water partition coefficient (Wildman–Crippen LogP) is 2.02. The number of furan rings is 1. The highest BCUT2D eigenvalue weighted by Crippen LogP contribution is 2.21. The number of nitrogens with zero attached hydrogens (tertiary/aromatic N) is 1. The molecule has 1 amide bonds. The third-order valence-corrected chi connectivity index (χ3v) is 3.70. The molecule has 24 heavy (non-hydrogen) atoms. The quantitative estimate of drug-likeness (QED) is 0.455. The molecule has 0 unspecified atom stereocenters. The first kappa shape index (κ1) is 18.0. The van der Waals surface area contributed by atoms with E-state index in [1.165, 1.54) is 6.07 Å². The first-order valence-corrected chi connectivity index (χ1v) is 8.35. The highest BCUT2D eigenvalue weighted by Gasteiger charge is 2.14. The average Bonchev–Trinajstić information content (AvgIpc) is 2.95. The molecule has 0 spiro atoms. The Labute approximate surface area is 142 Å². The molecule has 0 bridgehead atoms. The van der Waals surface area contributed by atoms with Gasteiger partial charge in [-0.2, -0.15) is 13.5 Å². The first-order valence-electron chi connectivity index (χ1n) is 6.54. The molecule has 0 fully saturated rings. The van der Waals surface area contributed by atoms with E-state index in [9.17, 15) is 13.2 Å². The highest BCUT2D eigenvalue weighted by molar-refractivity contribution is 7.85. The van der Waals surface area contributed by atoms with E-state index < -0.39 is 21.1 Å². The standard InChI is InChI=1S/C14H13ClN2O6S/c1-9-6-10(15)2-4-12(9)22-8-13(18)17-16-7-11-3-5-14(23-11)24(19,20)21/h2-7H,8H2,1H3,(H,17,18)(H,19,20,21)/b16-7+. The minimum Gasteiger partial charge on any atom is -0.483 e. The van der Waals surface area contributed by atoms with Crippen molar-refractivity contribution in [2.45, 2.75) is 12.0 Å². The summed E-state index contributed by atoms with van der Waals surface area (Å²) in [5.41, 5.74) is 2.97. The summed E-state index contributed by atoms with van der Waals surface area (Å²) in [6, 6.07) is 7.32. The minimum atomic E-state index is -4.41. The average molecular weight is 373 g/mol. The lowest BCUT2D eigenvalue weighted by Gasteiger charge is -2.08. The summed E-state index contributed by atoms with van der Waals surface area (Å²) in [6.07, 6.45) is 1.08. The zero-order chi connectivity index (χ0) is 17.7. The fraction of sp³-hybridized carbons (Fsp3) is 0.143.